The van der Waals surface area contributed by atoms with Crippen molar-refractivity contribution in [3.8, 4) is 0 Å². The second-order valence-corrected chi connectivity index (χ2v) is 14.5. The zero-order valence-electron chi connectivity index (χ0n) is 23.0. The molecule has 4 rings (SSSR count). The third-order valence-electron chi connectivity index (χ3n) is 7.26. The maximum atomic E-state index is 14.2. The first kappa shape index (κ1) is 31.5. The van der Waals surface area contributed by atoms with Gasteiger partial charge in [-0.1, -0.05) is 77.7 Å². The lowest BCUT2D eigenvalue weighted by molar-refractivity contribution is -0.140. The molecule has 218 valence electrons. The summed E-state index contributed by atoms with van der Waals surface area (Å²) < 4.78 is 28.7. The molecule has 0 saturated heterocycles. The Labute approximate surface area is 265 Å². The van der Waals surface area contributed by atoms with Crippen LogP contribution in [0, 0.1) is 3.57 Å². The molecule has 1 N–H and O–H groups in total. The molecule has 1 fully saturated rings. The van der Waals surface area contributed by atoms with Gasteiger partial charge in [-0.15, -0.1) is 0 Å². The maximum absolute atomic E-state index is 14.2. The molecule has 0 aromatic heterocycles. The topological polar surface area (TPSA) is 86.8 Å². The molecule has 0 unspecified atom stereocenters. The Morgan fingerprint density at radius 1 is 0.951 bits per heavy atom. The van der Waals surface area contributed by atoms with Crippen LogP contribution in [0.4, 0.5) is 5.69 Å². The standard InChI is InChI=1S/C31H35BrIN3O4S/c1-41(39,40)36(28-17-15-26(33)16-18-28)22-30(37)35(21-24-11-8-12-25(32)19-24)29(20-23-9-4-2-5-10-23)31(38)34-27-13-6-3-7-14-27/h2,4-5,8-12,15-19,27,29H,3,6-7,13-14,20-22H2,1H3,(H,34,38)/t29-/m0/s1. The molecule has 3 aromatic carbocycles. The van der Waals surface area contributed by atoms with E-state index in [1.54, 1.807) is 24.3 Å². The van der Waals surface area contributed by atoms with Crippen LogP contribution in [-0.4, -0.2) is 50.0 Å². The van der Waals surface area contributed by atoms with Crippen molar-refractivity contribution in [2.45, 2.75) is 57.2 Å². The minimum absolute atomic E-state index is 0.0663. The number of hydrogen-bond donors (Lipinski definition) is 1. The van der Waals surface area contributed by atoms with Crippen molar-refractivity contribution in [2.75, 3.05) is 17.1 Å². The summed E-state index contributed by atoms with van der Waals surface area (Å²) in [7, 11) is -3.79. The van der Waals surface area contributed by atoms with Crippen LogP contribution in [0.1, 0.15) is 43.2 Å². The summed E-state index contributed by atoms with van der Waals surface area (Å²) >= 11 is 5.66. The zero-order chi connectivity index (χ0) is 29.4. The summed E-state index contributed by atoms with van der Waals surface area (Å²) in [5, 5.41) is 3.22. The van der Waals surface area contributed by atoms with Gasteiger partial charge in [-0.25, -0.2) is 8.42 Å². The molecule has 0 aliphatic heterocycles. The zero-order valence-corrected chi connectivity index (χ0v) is 27.6. The molecule has 1 aliphatic rings. The largest absolute Gasteiger partial charge is 0.352 e. The lowest BCUT2D eigenvalue weighted by Crippen LogP contribution is -2.55. The lowest BCUT2D eigenvalue weighted by atomic mass is 9.94. The first-order chi connectivity index (χ1) is 19.6. The normalized spacial score (nSPS) is 14.7. The molecular weight excluding hydrogens is 717 g/mol. The van der Waals surface area contributed by atoms with Crippen LogP contribution in [0.15, 0.2) is 83.3 Å². The van der Waals surface area contributed by atoms with E-state index in [0.29, 0.717) is 12.1 Å². The number of rotatable bonds is 11. The molecule has 1 aliphatic carbocycles. The molecular formula is C31H35BrIN3O4S. The van der Waals surface area contributed by atoms with Gasteiger partial charge in [0.2, 0.25) is 21.8 Å². The Hall–Kier alpha value is -2.44. The maximum Gasteiger partial charge on any atom is 0.244 e. The molecule has 0 heterocycles. The predicted molar refractivity (Wildman–Crippen MR) is 175 cm³/mol. The van der Waals surface area contributed by atoms with Gasteiger partial charge in [0.25, 0.3) is 0 Å². The first-order valence-corrected chi connectivity index (χ1v) is 17.4. The molecule has 3 aromatic rings. The van der Waals surface area contributed by atoms with Crippen molar-refractivity contribution in [3.05, 3.63) is 98.0 Å². The first-order valence-electron chi connectivity index (χ1n) is 13.7. The molecule has 1 saturated carbocycles. The Morgan fingerprint density at radius 2 is 1.61 bits per heavy atom. The summed E-state index contributed by atoms with van der Waals surface area (Å²) in [6.45, 7) is -0.270. The van der Waals surface area contributed by atoms with Crippen molar-refractivity contribution in [1.29, 1.82) is 0 Å². The van der Waals surface area contributed by atoms with Crippen LogP contribution in [0.25, 0.3) is 0 Å². The molecule has 2 amide bonds. The van der Waals surface area contributed by atoms with Crippen LogP contribution in [0.5, 0.6) is 0 Å². The number of amides is 2. The molecule has 1 atom stereocenters. The number of anilines is 1. The van der Waals surface area contributed by atoms with E-state index in [4.69, 9.17) is 0 Å². The Morgan fingerprint density at radius 3 is 2.24 bits per heavy atom. The molecule has 0 bridgehead atoms. The lowest BCUT2D eigenvalue weighted by Gasteiger charge is -2.35. The highest BCUT2D eigenvalue weighted by atomic mass is 127. The van der Waals surface area contributed by atoms with Crippen LogP contribution in [-0.2, 0) is 32.6 Å². The Kier molecular flexibility index (Phi) is 11.2. The second kappa shape index (κ2) is 14.6. The SMILES string of the molecule is CS(=O)(=O)N(CC(=O)N(Cc1cccc(Br)c1)[C@@H](Cc1ccccc1)C(=O)NC1CCCCC1)c1ccc(I)cc1. The van der Waals surface area contributed by atoms with Gasteiger partial charge in [0.1, 0.15) is 12.6 Å². The van der Waals surface area contributed by atoms with E-state index in [-0.39, 0.29) is 18.5 Å². The highest BCUT2D eigenvalue weighted by Gasteiger charge is 2.34. The van der Waals surface area contributed by atoms with Gasteiger partial charge in [0.05, 0.1) is 11.9 Å². The summed E-state index contributed by atoms with van der Waals surface area (Å²) in [5.41, 5.74) is 2.15. The molecule has 10 heteroatoms. The van der Waals surface area contributed by atoms with Crippen molar-refractivity contribution >= 4 is 66.0 Å². The Bertz CT molecular complexity index is 1430. The van der Waals surface area contributed by atoms with Gasteiger partial charge in [0.15, 0.2) is 0 Å². The van der Waals surface area contributed by atoms with Gasteiger partial charge < -0.3 is 10.2 Å². The average molecular weight is 753 g/mol. The van der Waals surface area contributed by atoms with Gasteiger partial charge in [0, 0.05) is 27.1 Å². The molecule has 0 spiro atoms. The monoisotopic (exact) mass is 751 g/mol. The summed E-state index contributed by atoms with van der Waals surface area (Å²) in [4.78, 5) is 29.7. The summed E-state index contributed by atoms with van der Waals surface area (Å²) in [5.74, 6) is -0.669. The Balaban J connectivity index is 1.71. The number of benzene rings is 3. The fraction of sp³-hybridized carbons (Fsp3) is 0.355. The van der Waals surface area contributed by atoms with Gasteiger partial charge in [-0.05, 0) is 83.0 Å². The van der Waals surface area contributed by atoms with E-state index in [9.17, 15) is 18.0 Å². The second-order valence-electron chi connectivity index (χ2n) is 10.4. The summed E-state index contributed by atoms with van der Waals surface area (Å²) in [6.07, 6.45) is 6.52. The van der Waals surface area contributed by atoms with Crippen molar-refractivity contribution in [1.82, 2.24) is 10.2 Å². The quantitative estimate of drug-likeness (QED) is 0.247. The van der Waals surface area contributed by atoms with Gasteiger partial charge >= 0.3 is 0 Å². The van der Waals surface area contributed by atoms with E-state index in [1.807, 2.05) is 54.6 Å². The van der Waals surface area contributed by atoms with E-state index in [0.717, 1.165) is 61.8 Å². The molecule has 41 heavy (non-hydrogen) atoms. The average Bonchev–Trinajstić information content (AvgIpc) is 2.94. The minimum atomic E-state index is -3.79. The van der Waals surface area contributed by atoms with Crippen molar-refractivity contribution < 1.29 is 18.0 Å². The van der Waals surface area contributed by atoms with Crippen LogP contribution in [0.3, 0.4) is 0 Å². The highest BCUT2D eigenvalue weighted by Crippen LogP contribution is 2.23. The fourth-order valence-corrected chi connectivity index (χ4v) is 6.81. The highest BCUT2D eigenvalue weighted by molar-refractivity contribution is 14.1. The van der Waals surface area contributed by atoms with Gasteiger partial charge in [-0.2, -0.15) is 0 Å². The predicted octanol–water partition coefficient (Wildman–Crippen LogP) is 5.91. The van der Waals surface area contributed by atoms with E-state index < -0.39 is 28.5 Å². The van der Waals surface area contributed by atoms with Crippen molar-refractivity contribution in [2.24, 2.45) is 0 Å². The minimum Gasteiger partial charge on any atom is -0.352 e. The number of carbonyl (C=O) groups excluding carboxylic acids is 2. The smallest absolute Gasteiger partial charge is 0.244 e. The van der Waals surface area contributed by atoms with Crippen molar-refractivity contribution in [3.63, 3.8) is 0 Å². The number of hydrogen-bond acceptors (Lipinski definition) is 4. The van der Waals surface area contributed by atoms with Crippen LogP contribution >= 0.6 is 38.5 Å². The number of sulfonamides is 1. The third-order valence-corrected chi connectivity index (χ3v) is 9.61. The van der Waals surface area contributed by atoms with E-state index in [1.165, 1.54) is 4.90 Å². The summed E-state index contributed by atoms with van der Waals surface area (Å²) in [6, 6.07) is 23.4. The third kappa shape index (κ3) is 9.27. The molecule has 7 nitrogen and oxygen atoms in total. The van der Waals surface area contributed by atoms with Crippen LogP contribution in [0.2, 0.25) is 0 Å². The number of carbonyl (C=O) groups is 2. The number of nitrogens with zero attached hydrogens (tertiary/aromatic N) is 2. The molecule has 0 radical (unpaired) electrons. The number of halogens is 2. The number of nitrogens with one attached hydrogen (secondary N) is 1. The van der Waals surface area contributed by atoms with E-state index >= 15 is 0 Å². The fourth-order valence-electron chi connectivity index (χ4n) is 5.15. The van der Waals surface area contributed by atoms with Gasteiger partial charge in [-0.3, -0.25) is 13.9 Å². The van der Waals surface area contributed by atoms with Crippen LogP contribution < -0.4 is 9.62 Å². The van der Waals surface area contributed by atoms with E-state index in [2.05, 4.69) is 43.8 Å².